The van der Waals surface area contributed by atoms with Gasteiger partial charge in [-0.2, -0.15) is 4.31 Å². The summed E-state index contributed by atoms with van der Waals surface area (Å²) in [6.07, 6.45) is 0.632. The molecule has 1 saturated heterocycles. The van der Waals surface area contributed by atoms with Crippen molar-refractivity contribution in [1.29, 1.82) is 0 Å². The van der Waals surface area contributed by atoms with E-state index in [2.05, 4.69) is 0 Å². The molecule has 0 amide bonds. The van der Waals surface area contributed by atoms with Crippen LogP contribution in [0.4, 0.5) is 5.69 Å². The Labute approximate surface area is 183 Å². The van der Waals surface area contributed by atoms with E-state index < -0.39 is 20.6 Å². The Bertz CT molecular complexity index is 1340. The number of morpholine rings is 1. The third-order valence-electron chi connectivity index (χ3n) is 5.14. The molecule has 32 heavy (non-hydrogen) atoms. The van der Waals surface area contributed by atoms with Crippen LogP contribution in [0.1, 0.15) is 12.5 Å². The topological polar surface area (TPSA) is 129 Å². The van der Waals surface area contributed by atoms with Crippen LogP contribution < -0.4 is 10.4 Å². The van der Waals surface area contributed by atoms with Gasteiger partial charge in [0.15, 0.2) is 0 Å². The Kier molecular flexibility index (Phi) is 5.96. The summed E-state index contributed by atoms with van der Waals surface area (Å²) in [6.45, 7) is 2.64. The highest BCUT2D eigenvalue weighted by Gasteiger charge is 2.31. The van der Waals surface area contributed by atoms with Crippen molar-refractivity contribution in [2.24, 2.45) is 0 Å². The fraction of sp³-hybridized carbons (Fsp3) is 0.286. The number of benzene rings is 2. The molecule has 1 aliphatic rings. The molecule has 0 bridgehead atoms. The number of fused-ring (bicyclic) bond motifs is 1. The molecule has 168 valence electrons. The molecule has 1 aromatic heterocycles. The van der Waals surface area contributed by atoms with Gasteiger partial charge in [0, 0.05) is 42.7 Å². The summed E-state index contributed by atoms with van der Waals surface area (Å²) in [4.78, 5) is 22.1. The Morgan fingerprint density at radius 1 is 1.12 bits per heavy atom. The average molecular weight is 460 g/mol. The van der Waals surface area contributed by atoms with Gasteiger partial charge in [0.2, 0.25) is 10.0 Å². The number of rotatable bonds is 6. The van der Waals surface area contributed by atoms with Gasteiger partial charge in [-0.1, -0.05) is 6.92 Å². The predicted molar refractivity (Wildman–Crippen MR) is 115 cm³/mol. The number of nitro benzene ring substituents is 1. The second-order valence-electron chi connectivity index (χ2n) is 7.11. The van der Waals surface area contributed by atoms with Crippen molar-refractivity contribution in [3.63, 3.8) is 0 Å². The maximum atomic E-state index is 13.2. The van der Waals surface area contributed by atoms with Crippen LogP contribution in [0.2, 0.25) is 0 Å². The van der Waals surface area contributed by atoms with Crippen molar-refractivity contribution < 1.29 is 27.2 Å². The highest BCUT2D eigenvalue weighted by molar-refractivity contribution is 7.89. The minimum Gasteiger partial charge on any atom is -0.456 e. The first-order valence-corrected chi connectivity index (χ1v) is 11.3. The second kappa shape index (κ2) is 8.69. The van der Waals surface area contributed by atoms with Gasteiger partial charge >= 0.3 is 5.63 Å². The fourth-order valence-corrected chi connectivity index (χ4v) is 5.06. The van der Waals surface area contributed by atoms with E-state index in [-0.39, 0.29) is 48.4 Å². The number of hydrogen-bond donors (Lipinski definition) is 0. The SMILES string of the molecule is CCc1cc(=O)oc2cc(Oc3ccc([N+](=O)[O-])cc3S(=O)(=O)N3CCOCC3)ccc12. The summed E-state index contributed by atoms with van der Waals surface area (Å²) in [6, 6.07) is 9.64. The predicted octanol–water partition coefficient (Wildman–Crippen LogP) is 3.08. The van der Waals surface area contributed by atoms with Gasteiger partial charge in [0.1, 0.15) is 22.0 Å². The van der Waals surface area contributed by atoms with Gasteiger partial charge in [-0.3, -0.25) is 10.1 Å². The minimum atomic E-state index is -4.08. The van der Waals surface area contributed by atoms with Crippen molar-refractivity contribution in [2.45, 2.75) is 18.2 Å². The quantitative estimate of drug-likeness (QED) is 0.312. The Morgan fingerprint density at radius 3 is 2.56 bits per heavy atom. The molecular weight excluding hydrogens is 440 g/mol. The lowest BCUT2D eigenvalue weighted by molar-refractivity contribution is -0.385. The van der Waals surface area contributed by atoms with Gasteiger partial charge in [0.25, 0.3) is 5.69 Å². The highest BCUT2D eigenvalue weighted by atomic mass is 32.2. The zero-order valence-electron chi connectivity index (χ0n) is 17.1. The van der Waals surface area contributed by atoms with Gasteiger partial charge < -0.3 is 13.9 Å². The smallest absolute Gasteiger partial charge is 0.336 e. The number of sulfonamides is 1. The van der Waals surface area contributed by atoms with Crippen molar-refractivity contribution in [3.8, 4) is 11.5 Å². The molecule has 1 aliphatic heterocycles. The normalized spacial score (nSPS) is 15.0. The van der Waals surface area contributed by atoms with Gasteiger partial charge in [-0.05, 0) is 30.2 Å². The first kappa shape index (κ1) is 21.9. The average Bonchev–Trinajstić information content (AvgIpc) is 2.78. The van der Waals surface area contributed by atoms with E-state index in [4.69, 9.17) is 13.9 Å². The molecule has 3 aromatic rings. The number of hydrogen-bond acceptors (Lipinski definition) is 8. The van der Waals surface area contributed by atoms with E-state index >= 15 is 0 Å². The Morgan fingerprint density at radius 2 is 1.88 bits per heavy atom. The van der Waals surface area contributed by atoms with Crippen molar-refractivity contribution in [2.75, 3.05) is 26.3 Å². The largest absolute Gasteiger partial charge is 0.456 e. The van der Waals surface area contributed by atoms with Crippen LogP contribution in [-0.2, 0) is 21.2 Å². The summed E-state index contributed by atoms with van der Waals surface area (Å²) in [5.74, 6) is 0.150. The Balaban J connectivity index is 1.78. The lowest BCUT2D eigenvalue weighted by Gasteiger charge is -2.26. The molecule has 0 saturated carbocycles. The molecule has 0 atom stereocenters. The van der Waals surface area contributed by atoms with Crippen molar-refractivity contribution >= 4 is 26.7 Å². The standard InChI is InChI=1S/C21H20N2O8S/c1-2-14-11-21(24)31-19-13-16(4-5-17(14)19)30-18-6-3-15(23(25)26)12-20(18)32(27,28)22-7-9-29-10-8-22/h3-6,11-13H,2,7-10H2,1H3. The van der Waals surface area contributed by atoms with E-state index in [0.717, 1.165) is 17.0 Å². The number of non-ortho nitro benzene ring substituents is 1. The van der Waals surface area contributed by atoms with E-state index in [1.165, 1.54) is 28.6 Å². The third-order valence-corrected chi connectivity index (χ3v) is 7.06. The monoisotopic (exact) mass is 460 g/mol. The van der Waals surface area contributed by atoms with Crippen LogP contribution in [0.25, 0.3) is 11.0 Å². The van der Waals surface area contributed by atoms with Crippen molar-refractivity contribution in [3.05, 3.63) is 68.6 Å². The van der Waals surface area contributed by atoms with Gasteiger partial charge in [-0.15, -0.1) is 0 Å². The van der Waals surface area contributed by atoms with Crippen LogP contribution in [0.3, 0.4) is 0 Å². The van der Waals surface area contributed by atoms with Gasteiger partial charge in [-0.25, -0.2) is 13.2 Å². The lowest BCUT2D eigenvalue weighted by Crippen LogP contribution is -2.40. The molecule has 4 rings (SSSR count). The Hall–Kier alpha value is -3.28. The van der Waals surface area contributed by atoms with E-state index in [9.17, 15) is 23.3 Å². The zero-order valence-corrected chi connectivity index (χ0v) is 18.0. The summed E-state index contributed by atoms with van der Waals surface area (Å²) >= 11 is 0. The zero-order chi connectivity index (χ0) is 22.9. The minimum absolute atomic E-state index is 0.0737. The maximum Gasteiger partial charge on any atom is 0.336 e. The molecule has 10 nitrogen and oxygen atoms in total. The number of aryl methyl sites for hydroxylation is 1. The highest BCUT2D eigenvalue weighted by Crippen LogP contribution is 2.35. The number of nitro groups is 1. The maximum absolute atomic E-state index is 13.2. The molecule has 11 heteroatoms. The summed E-state index contributed by atoms with van der Waals surface area (Å²) < 4.78 is 43.9. The molecule has 1 fully saturated rings. The van der Waals surface area contributed by atoms with E-state index in [1.807, 2.05) is 6.92 Å². The summed E-state index contributed by atoms with van der Waals surface area (Å²) in [5.41, 5.74) is 0.235. The van der Waals surface area contributed by atoms with Crippen LogP contribution in [0.15, 0.2) is 56.6 Å². The van der Waals surface area contributed by atoms with Crippen LogP contribution in [0, 0.1) is 10.1 Å². The summed E-state index contributed by atoms with van der Waals surface area (Å²) in [7, 11) is -4.08. The molecule has 0 radical (unpaired) electrons. The molecular formula is C21H20N2O8S. The molecule has 0 aliphatic carbocycles. The molecule has 0 unspecified atom stereocenters. The van der Waals surface area contributed by atoms with Crippen molar-refractivity contribution in [1.82, 2.24) is 4.31 Å². The first-order chi connectivity index (χ1) is 15.3. The van der Waals surface area contributed by atoms with E-state index in [1.54, 1.807) is 12.1 Å². The van der Waals surface area contributed by atoms with Crippen LogP contribution in [-0.4, -0.2) is 43.9 Å². The molecule has 2 heterocycles. The number of ether oxygens (including phenoxy) is 2. The molecule has 2 aromatic carbocycles. The van der Waals surface area contributed by atoms with Crippen LogP contribution >= 0.6 is 0 Å². The second-order valence-corrected chi connectivity index (χ2v) is 9.02. The summed E-state index contributed by atoms with van der Waals surface area (Å²) in [5, 5.41) is 12.0. The first-order valence-electron chi connectivity index (χ1n) is 9.90. The molecule has 0 N–H and O–H groups in total. The third kappa shape index (κ3) is 4.22. The lowest BCUT2D eigenvalue weighted by atomic mass is 10.1. The van der Waals surface area contributed by atoms with Gasteiger partial charge in [0.05, 0.1) is 18.1 Å². The fourth-order valence-electron chi connectivity index (χ4n) is 3.52. The number of nitrogens with zero attached hydrogens (tertiary/aromatic N) is 2. The van der Waals surface area contributed by atoms with E-state index in [0.29, 0.717) is 12.0 Å². The molecule has 0 spiro atoms. The van der Waals surface area contributed by atoms with Crippen LogP contribution in [0.5, 0.6) is 11.5 Å².